The van der Waals surface area contributed by atoms with Gasteiger partial charge in [-0.15, -0.1) is 11.3 Å². The van der Waals surface area contributed by atoms with Gasteiger partial charge in [0.05, 0.1) is 16.3 Å². The summed E-state index contributed by atoms with van der Waals surface area (Å²) in [5.41, 5.74) is 1.61. The molecule has 3 heterocycles. The van der Waals surface area contributed by atoms with E-state index in [-0.39, 0.29) is 0 Å². The van der Waals surface area contributed by atoms with Crippen molar-refractivity contribution >= 4 is 17.2 Å². The molecule has 0 saturated carbocycles. The zero-order valence-electron chi connectivity index (χ0n) is 15.8. The summed E-state index contributed by atoms with van der Waals surface area (Å²) in [7, 11) is 0. The van der Waals surface area contributed by atoms with Crippen LogP contribution in [0.5, 0.6) is 0 Å². The number of piperazine rings is 1. The molecule has 0 bridgehead atoms. The minimum atomic E-state index is -4.35. The van der Waals surface area contributed by atoms with Crippen LogP contribution in [-0.4, -0.2) is 41.0 Å². The molecule has 4 nitrogen and oxygen atoms in total. The zero-order chi connectivity index (χ0) is 20.3. The van der Waals surface area contributed by atoms with E-state index in [0.29, 0.717) is 5.82 Å². The summed E-state index contributed by atoms with van der Waals surface area (Å²) in [6, 6.07) is 12.8. The number of aromatic nitrogens is 2. The average Bonchev–Trinajstić information content (AvgIpc) is 3.15. The Kier molecular flexibility index (Phi) is 5.82. The Morgan fingerprint density at radius 3 is 2.38 bits per heavy atom. The van der Waals surface area contributed by atoms with Crippen molar-refractivity contribution in [3.63, 3.8) is 0 Å². The number of hydrogen-bond acceptors (Lipinski definition) is 5. The first-order valence-electron chi connectivity index (χ1n) is 9.45. The van der Waals surface area contributed by atoms with Crippen molar-refractivity contribution in [2.75, 3.05) is 31.1 Å². The van der Waals surface area contributed by atoms with Crippen LogP contribution in [0, 0.1) is 0 Å². The van der Waals surface area contributed by atoms with Gasteiger partial charge in [-0.3, -0.25) is 4.90 Å². The molecule has 0 aliphatic carbocycles. The molecule has 29 heavy (non-hydrogen) atoms. The van der Waals surface area contributed by atoms with E-state index >= 15 is 0 Å². The molecule has 152 valence electrons. The molecule has 0 amide bonds. The van der Waals surface area contributed by atoms with Crippen LogP contribution in [0.25, 0.3) is 0 Å². The third-order valence-corrected chi connectivity index (χ3v) is 5.85. The van der Waals surface area contributed by atoms with Gasteiger partial charge in [-0.1, -0.05) is 30.3 Å². The van der Waals surface area contributed by atoms with Gasteiger partial charge < -0.3 is 4.90 Å². The van der Waals surface area contributed by atoms with Gasteiger partial charge in [-0.2, -0.15) is 13.2 Å². The van der Waals surface area contributed by atoms with Crippen molar-refractivity contribution in [1.82, 2.24) is 14.9 Å². The summed E-state index contributed by atoms with van der Waals surface area (Å²) >= 11 is 1.68. The molecule has 8 heteroatoms. The Morgan fingerprint density at radius 2 is 1.72 bits per heavy atom. The molecule has 2 aromatic heterocycles. The molecule has 1 fully saturated rings. The predicted octanol–water partition coefficient (Wildman–Crippen LogP) is 4.47. The van der Waals surface area contributed by atoms with E-state index in [0.717, 1.165) is 62.1 Å². The molecular weight excluding hydrogens is 397 g/mol. The Hall–Kier alpha value is -2.45. The topological polar surface area (TPSA) is 32.3 Å². The van der Waals surface area contributed by atoms with E-state index in [9.17, 15) is 13.2 Å². The van der Waals surface area contributed by atoms with Crippen LogP contribution >= 0.6 is 11.3 Å². The first kappa shape index (κ1) is 19.8. The maximum Gasteiger partial charge on any atom is 0.417 e. The SMILES string of the molecule is FC(F)(F)c1ccc(N2CCN(Cc3csc(Cc4ccccc4)n3)CC2)nc1. The van der Waals surface area contributed by atoms with E-state index < -0.39 is 11.7 Å². The van der Waals surface area contributed by atoms with E-state index in [1.54, 1.807) is 11.3 Å². The molecular formula is C21H21F3N4S. The summed E-state index contributed by atoms with van der Waals surface area (Å²) in [4.78, 5) is 13.1. The third kappa shape index (κ3) is 5.13. The van der Waals surface area contributed by atoms with Gasteiger partial charge in [-0.25, -0.2) is 9.97 Å². The van der Waals surface area contributed by atoms with E-state index in [1.807, 2.05) is 23.1 Å². The lowest BCUT2D eigenvalue weighted by molar-refractivity contribution is -0.137. The van der Waals surface area contributed by atoms with Crippen LogP contribution in [0.2, 0.25) is 0 Å². The number of pyridine rings is 1. The summed E-state index contributed by atoms with van der Waals surface area (Å²) < 4.78 is 38.0. The van der Waals surface area contributed by atoms with Crippen molar-refractivity contribution in [2.24, 2.45) is 0 Å². The first-order chi connectivity index (χ1) is 14.0. The summed E-state index contributed by atoms with van der Waals surface area (Å²) in [6.45, 7) is 3.92. The normalized spacial score (nSPS) is 15.6. The molecule has 0 atom stereocenters. The van der Waals surface area contributed by atoms with E-state index in [1.165, 1.54) is 11.6 Å². The highest BCUT2D eigenvalue weighted by Crippen LogP contribution is 2.29. The fraction of sp³-hybridized carbons (Fsp3) is 0.333. The van der Waals surface area contributed by atoms with Gasteiger partial charge >= 0.3 is 6.18 Å². The van der Waals surface area contributed by atoms with Crippen LogP contribution in [0.15, 0.2) is 54.0 Å². The summed E-state index contributed by atoms with van der Waals surface area (Å²) in [6.07, 6.45) is -2.60. The molecule has 0 radical (unpaired) electrons. The highest BCUT2D eigenvalue weighted by Gasteiger charge is 2.31. The van der Waals surface area contributed by atoms with Gasteiger partial charge in [0.2, 0.25) is 0 Å². The largest absolute Gasteiger partial charge is 0.417 e. The van der Waals surface area contributed by atoms with Crippen molar-refractivity contribution in [3.05, 3.63) is 75.9 Å². The molecule has 0 N–H and O–H groups in total. The number of benzene rings is 1. The Bertz CT molecular complexity index is 917. The second kappa shape index (κ2) is 8.51. The quantitative estimate of drug-likeness (QED) is 0.612. The number of rotatable bonds is 5. The second-order valence-electron chi connectivity index (χ2n) is 7.06. The lowest BCUT2D eigenvalue weighted by atomic mass is 10.2. The molecule has 0 spiro atoms. The van der Waals surface area contributed by atoms with Crippen molar-refractivity contribution in [3.8, 4) is 0 Å². The molecule has 1 aliphatic heterocycles. The van der Waals surface area contributed by atoms with Gasteiger partial charge in [-0.05, 0) is 17.7 Å². The van der Waals surface area contributed by atoms with Crippen LogP contribution in [0.4, 0.5) is 19.0 Å². The van der Waals surface area contributed by atoms with Gasteiger partial charge in [0.25, 0.3) is 0 Å². The Morgan fingerprint density at radius 1 is 0.966 bits per heavy atom. The maximum atomic E-state index is 12.7. The molecule has 4 rings (SSSR count). The van der Waals surface area contributed by atoms with Crippen molar-refractivity contribution in [1.29, 1.82) is 0 Å². The number of alkyl halides is 3. The van der Waals surface area contributed by atoms with E-state index in [4.69, 9.17) is 4.98 Å². The number of thiazole rings is 1. The summed E-state index contributed by atoms with van der Waals surface area (Å²) in [5, 5.41) is 3.22. The average molecular weight is 418 g/mol. The van der Waals surface area contributed by atoms with Crippen LogP contribution in [-0.2, 0) is 19.1 Å². The van der Waals surface area contributed by atoms with Crippen LogP contribution in [0.1, 0.15) is 21.8 Å². The number of nitrogens with zero attached hydrogens (tertiary/aromatic N) is 4. The molecule has 1 saturated heterocycles. The van der Waals surface area contributed by atoms with Gasteiger partial charge in [0, 0.05) is 50.7 Å². The van der Waals surface area contributed by atoms with Crippen molar-refractivity contribution in [2.45, 2.75) is 19.1 Å². The Labute approximate surface area is 171 Å². The van der Waals surface area contributed by atoms with Crippen LogP contribution in [0.3, 0.4) is 0 Å². The minimum absolute atomic E-state index is 0.594. The fourth-order valence-corrected chi connectivity index (χ4v) is 4.20. The predicted molar refractivity (Wildman–Crippen MR) is 108 cm³/mol. The number of hydrogen-bond donors (Lipinski definition) is 0. The van der Waals surface area contributed by atoms with Crippen molar-refractivity contribution < 1.29 is 13.2 Å². The lowest BCUT2D eigenvalue weighted by Gasteiger charge is -2.35. The summed E-state index contributed by atoms with van der Waals surface area (Å²) in [5.74, 6) is 0.594. The molecule has 0 unspecified atom stereocenters. The number of anilines is 1. The standard InChI is InChI=1S/C21H21F3N4S/c22-21(23,24)17-6-7-19(25-13-17)28-10-8-27(9-11-28)14-18-15-29-20(26-18)12-16-4-2-1-3-5-16/h1-7,13,15H,8-12,14H2. The molecule has 1 aliphatic rings. The smallest absolute Gasteiger partial charge is 0.354 e. The number of halogens is 3. The monoisotopic (exact) mass is 418 g/mol. The minimum Gasteiger partial charge on any atom is -0.354 e. The maximum absolute atomic E-state index is 12.7. The fourth-order valence-electron chi connectivity index (χ4n) is 3.38. The molecule has 1 aromatic carbocycles. The van der Waals surface area contributed by atoms with Crippen LogP contribution < -0.4 is 4.90 Å². The highest BCUT2D eigenvalue weighted by atomic mass is 32.1. The van der Waals surface area contributed by atoms with Gasteiger partial charge in [0.1, 0.15) is 5.82 Å². The zero-order valence-corrected chi connectivity index (χ0v) is 16.6. The highest BCUT2D eigenvalue weighted by molar-refractivity contribution is 7.09. The molecule has 3 aromatic rings. The third-order valence-electron chi connectivity index (χ3n) is 4.95. The first-order valence-corrected chi connectivity index (χ1v) is 10.3. The van der Waals surface area contributed by atoms with Gasteiger partial charge in [0.15, 0.2) is 0 Å². The second-order valence-corrected chi connectivity index (χ2v) is 8.00. The Balaban J connectivity index is 1.29. The lowest BCUT2D eigenvalue weighted by Crippen LogP contribution is -2.46. The van der Waals surface area contributed by atoms with E-state index in [2.05, 4.69) is 27.4 Å².